The first-order valence-corrected chi connectivity index (χ1v) is 27.2. The maximum atomic E-state index is 15.6. The van der Waals surface area contributed by atoms with Gasteiger partial charge in [-0.15, -0.1) is 0 Å². The Bertz CT molecular complexity index is 1740. The van der Waals surface area contributed by atoms with Crippen LogP contribution in [-0.4, -0.2) is 78.2 Å². The highest BCUT2D eigenvalue weighted by atomic mass is 32.1. The second-order valence-electron chi connectivity index (χ2n) is 20.6. The predicted octanol–water partition coefficient (Wildman–Crippen LogP) is 12.3. The van der Waals surface area contributed by atoms with E-state index in [4.69, 9.17) is 35.6 Å². The van der Waals surface area contributed by atoms with Gasteiger partial charge in [-0.25, -0.2) is 4.79 Å². The normalized spacial score (nSPS) is 19.0. The lowest BCUT2D eigenvalue weighted by Crippen LogP contribution is -2.55. The minimum absolute atomic E-state index is 0.0182. The predicted molar refractivity (Wildman–Crippen MR) is 260 cm³/mol. The Hall–Kier alpha value is -2.93. The molecule has 0 bridgehead atoms. The van der Waals surface area contributed by atoms with Gasteiger partial charge in [-0.2, -0.15) is 0 Å². The number of nitrogens with zero attached hydrogens (tertiary/aromatic N) is 1. The number of carbonyl (C=O) groups is 2. The zero-order valence-corrected chi connectivity index (χ0v) is 42.5. The van der Waals surface area contributed by atoms with Crippen LogP contribution in [0.25, 0.3) is 0 Å². The van der Waals surface area contributed by atoms with Crippen molar-refractivity contribution in [3.8, 4) is 0 Å². The number of hydrogen-bond acceptors (Lipinski definition) is 9. The number of benzene rings is 2. The molecule has 0 spiro atoms. The molecular weight excluding hydrogens is 827 g/mol. The van der Waals surface area contributed by atoms with Crippen molar-refractivity contribution in [2.24, 2.45) is 5.92 Å². The number of amides is 1. The van der Waals surface area contributed by atoms with Gasteiger partial charge in [0.15, 0.2) is 25.3 Å². The summed E-state index contributed by atoms with van der Waals surface area (Å²) < 4.78 is 31.7. The third-order valence-electron chi connectivity index (χ3n) is 13.1. The van der Waals surface area contributed by atoms with E-state index < -0.39 is 48.8 Å². The second kappa shape index (κ2) is 23.0. The largest absolute Gasteiger partial charge is 0.458 e. The maximum absolute atomic E-state index is 15.6. The Balaban J connectivity index is 1.66. The molecule has 352 valence electrons. The standard InChI is InChI=1S/C52H81NO8SSi/c1-12-13-14-18-27-34-50(57-38-39-58-50)35-28-19-16-15-17-26-33-43(51(56,46(55)60-48(4,5)6)36-37-59-63(10,11)49(7,8)9)45(54)53-44(40(2)3)52(61-47(53)62,41-29-22-20-23-30-41)42-31-24-21-25-32-42/h20-25,29-33,40,44,56H,12-19,26-28,34-39H2,1-11H3/t44-,51-/m0/s1. The van der Waals surface area contributed by atoms with Crippen LogP contribution in [0, 0.1) is 5.92 Å². The van der Waals surface area contributed by atoms with Crippen LogP contribution in [0.4, 0.5) is 0 Å². The van der Waals surface area contributed by atoms with Gasteiger partial charge in [-0.05, 0) is 82.7 Å². The summed E-state index contributed by atoms with van der Waals surface area (Å²) in [6, 6.07) is 19.0. The monoisotopic (exact) mass is 908 g/mol. The maximum Gasteiger partial charge on any atom is 0.343 e. The van der Waals surface area contributed by atoms with Gasteiger partial charge in [-0.3, -0.25) is 9.69 Å². The first-order chi connectivity index (χ1) is 29.6. The van der Waals surface area contributed by atoms with Gasteiger partial charge in [0.05, 0.1) is 24.8 Å². The Kier molecular flexibility index (Phi) is 19.2. The summed E-state index contributed by atoms with van der Waals surface area (Å²) in [5, 5.41) is 12.8. The fourth-order valence-electron chi connectivity index (χ4n) is 8.68. The fraction of sp³-hybridized carbons (Fsp3) is 0.673. The Morgan fingerprint density at radius 3 is 1.84 bits per heavy atom. The minimum atomic E-state index is -2.35. The van der Waals surface area contributed by atoms with E-state index in [1.54, 1.807) is 26.8 Å². The number of thiocarbonyl (C=S) groups is 1. The molecule has 2 heterocycles. The van der Waals surface area contributed by atoms with Gasteiger partial charge in [0.2, 0.25) is 0 Å². The molecule has 9 nitrogen and oxygen atoms in total. The summed E-state index contributed by atoms with van der Waals surface area (Å²) in [6.45, 7) is 23.7. The van der Waals surface area contributed by atoms with E-state index in [2.05, 4.69) is 40.8 Å². The van der Waals surface area contributed by atoms with Crippen molar-refractivity contribution in [1.82, 2.24) is 4.90 Å². The van der Waals surface area contributed by atoms with Crippen LogP contribution in [0.5, 0.6) is 0 Å². The molecule has 1 amide bonds. The molecule has 11 heteroatoms. The molecule has 1 N–H and O–H groups in total. The third kappa shape index (κ3) is 13.6. The number of unbranched alkanes of at least 4 members (excludes halogenated alkanes) is 9. The molecule has 2 saturated heterocycles. The van der Waals surface area contributed by atoms with Crippen molar-refractivity contribution in [2.45, 2.75) is 199 Å². The van der Waals surface area contributed by atoms with Crippen molar-refractivity contribution in [1.29, 1.82) is 0 Å². The topological polar surface area (TPSA) is 104 Å². The van der Waals surface area contributed by atoms with E-state index in [-0.39, 0.29) is 34.7 Å². The molecule has 0 aromatic heterocycles. The van der Waals surface area contributed by atoms with Crippen LogP contribution >= 0.6 is 12.2 Å². The SMILES string of the molecule is CCCCCCCC1(CCCCCCCC=C(C(=O)N2C(=S)OC(c3ccccc3)(c3ccccc3)[C@@H]2C(C)C)[C@@](O)(CCO[Si](C)(C)C(C)(C)C)C(=O)OC(C)(C)C)OCCO1. The van der Waals surface area contributed by atoms with E-state index in [9.17, 15) is 9.90 Å². The molecule has 4 rings (SSSR count). The summed E-state index contributed by atoms with van der Waals surface area (Å²) in [5.41, 5.74) is -2.84. The fourth-order valence-corrected chi connectivity index (χ4v) is 10.1. The van der Waals surface area contributed by atoms with Gasteiger partial charge < -0.3 is 28.5 Å². The number of rotatable bonds is 24. The van der Waals surface area contributed by atoms with Crippen LogP contribution in [-0.2, 0) is 38.6 Å². The Morgan fingerprint density at radius 1 is 0.841 bits per heavy atom. The molecule has 0 unspecified atom stereocenters. The second-order valence-corrected chi connectivity index (χ2v) is 25.8. The zero-order chi connectivity index (χ0) is 46.5. The van der Waals surface area contributed by atoms with Crippen molar-refractivity contribution < 1.29 is 38.1 Å². The molecule has 63 heavy (non-hydrogen) atoms. The highest BCUT2D eigenvalue weighted by Crippen LogP contribution is 2.48. The van der Waals surface area contributed by atoms with E-state index in [1.807, 2.05) is 74.5 Å². The average Bonchev–Trinajstić information content (AvgIpc) is 3.82. The summed E-state index contributed by atoms with van der Waals surface area (Å²) in [4.78, 5) is 31.6. The molecule has 2 fully saturated rings. The number of carbonyl (C=O) groups excluding carboxylic acids is 2. The molecule has 0 aliphatic carbocycles. The molecule has 2 aromatic carbocycles. The van der Waals surface area contributed by atoms with Crippen LogP contribution in [0.2, 0.25) is 18.1 Å². The van der Waals surface area contributed by atoms with Gasteiger partial charge in [0, 0.05) is 37.0 Å². The lowest BCUT2D eigenvalue weighted by Gasteiger charge is -2.40. The molecule has 2 aromatic rings. The summed E-state index contributed by atoms with van der Waals surface area (Å²) in [6.07, 6.45) is 14.7. The van der Waals surface area contributed by atoms with Crippen molar-refractivity contribution in [2.75, 3.05) is 19.8 Å². The van der Waals surface area contributed by atoms with Gasteiger partial charge in [0.25, 0.3) is 11.1 Å². The van der Waals surface area contributed by atoms with Crippen LogP contribution in [0.15, 0.2) is 72.3 Å². The summed E-state index contributed by atoms with van der Waals surface area (Å²) in [7, 11) is -2.31. The van der Waals surface area contributed by atoms with Crippen LogP contribution < -0.4 is 0 Å². The van der Waals surface area contributed by atoms with Crippen LogP contribution in [0.1, 0.15) is 163 Å². The average molecular weight is 908 g/mol. The van der Waals surface area contributed by atoms with Gasteiger partial charge >= 0.3 is 5.97 Å². The van der Waals surface area contributed by atoms with Crippen molar-refractivity contribution in [3.05, 3.63) is 83.4 Å². The highest BCUT2D eigenvalue weighted by molar-refractivity contribution is 7.80. The van der Waals surface area contributed by atoms with Gasteiger partial charge in [0.1, 0.15) is 5.60 Å². The number of allylic oxidation sites excluding steroid dienone is 1. The number of esters is 1. The zero-order valence-electron chi connectivity index (χ0n) is 40.7. The van der Waals surface area contributed by atoms with Crippen LogP contribution in [0.3, 0.4) is 0 Å². The van der Waals surface area contributed by atoms with Crippen molar-refractivity contribution in [3.63, 3.8) is 0 Å². The third-order valence-corrected chi connectivity index (χ3v) is 17.9. The van der Waals surface area contributed by atoms with Crippen molar-refractivity contribution >= 4 is 37.6 Å². The Labute approximate surface area is 387 Å². The summed E-state index contributed by atoms with van der Waals surface area (Å²) >= 11 is 6.04. The van der Waals surface area contributed by atoms with E-state index in [1.165, 1.54) is 30.6 Å². The molecule has 0 radical (unpaired) electrons. The number of aliphatic hydroxyl groups is 1. The molecule has 2 atom stereocenters. The molecule has 2 aliphatic rings. The first-order valence-electron chi connectivity index (χ1n) is 23.9. The summed E-state index contributed by atoms with van der Waals surface area (Å²) in [5.74, 6) is -2.09. The number of hydrogen-bond donors (Lipinski definition) is 1. The van der Waals surface area contributed by atoms with E-state index >= 15 is 4.79 Å². The number of ether oxygens (including phenoxy) is 4. The van der Waals surface area contributed by atoms with Gasteiger partial charge in [-0.1, -0.05) is 153 Å². The molecular formula is C52H81NO8SSi. The molecule has 2 aliphatic heterocycles. The first kappa shape index (κ1) is 52.7. The smallest absolute Gasteiger partial charge is 0.343 e. The Morgan fingerprint density at radius 2 is 1.35 bits per heavy atom. The quantitative estimate of drug-likeness (QED) is 0.0362. The molecule has 0 saturated carbocycles. The van der Waals surface area contributed by atoms with E-state index in [0.29, 0.717) is 19.6 Å². The van der Waals surface area contributed by atoms with E-state index in [0.717, 1.165) is 62.5 Å². The minimum Gasteiger partial charge on any atom is -0.458 e. The highest BCUT2D eigenvalue weighted by Gasteiger charge is 2.60. The lowest BCUT2D eigenvalue weighted by atomic mass is 9.75. The lowest BCUT2D eigenvalue weighted by molar-refractivity contribution is -0.175.